The van der Waals surface area contributed by atoms with Crippen molar-refractivity contribution < 1.29 is 9.59 Å². The highest BCUT2D eigenvalue weighted by atomic mass is 16.2. The molecule has 0 aliphatic carbocycles. The lowest BCUT2D eigenvalue weighted by Gasteiger charge is -2.15. The number of hydrogen-bond donors (Lipinski definition) is 2. The summed E-state index contributed by atoms with van der Waals surface area (Å²) in [4.78, 5) is 24.3. The van der Waals surface area contributed by atoms with E-state index in [1.165, 1.54) is 0 Å². The number of amides is 2. The molecule has 1 fully saturated rings. The Bertz CT molecular complexity index is 664. The van der Waals surface area contributed by atoms with Crippen LogP contribution in [0.15, 0.2) is 48.8 Å². The summed E-state index contributed by atoms with van der Waals surface area (Å²) in [5, 5.41) is 5.66. The van der Waals surface area contributed by atoms with Crippen LogP contribution in [0.5, 0.6) is 0 Å². The molecule has 0 spiro atoms. The van der Waals surface area contributed by atoms with Crippen molar-refractivity contribution in [3.63, 3.8) is 0 Å². The zero-order valence-electron chi connectivity index (χ0n) is 12.3. The van der Waals surface area contributed by atoms with Gasteiger partial charge in [-0.2, -0.15) is 0 Å². The van der Waals surface area contributed by atoms with Gasteiger partial charge in [-0.05, 0) is 49.6 Å². The standard InChI is InChI=1S/C17H19N3O2/c21-16(19-15-8-1-2-9-18-17(15)22)13-6-5-7-14(12-13)20-10-3-4-11-20/h3-7,10-12,15H,1-2,8-9H2,(H,18,22)(H,19,21)/t15-/m0/s1. The molecule has 0 radical (unpaired) electrons. The smallest absolute Gasteiger partial charge is 0.252 e. The highest BCUT2D eigenvalue weighted by Crippen LogP contribution is 2.12. The van der Waals surface area contributed by atoms with Crippen LogP contribution in [-0.4, -0.2) is 29.0 Å². The van der Waals surface area contributed by atoms with Crippen molar-refractivity contribution in [3.05, 3.63) is 54.4 Å². The van der Waals surface area contributed by atoms with Gasteiger partial charge in [-0.15, -0.1) is 0 Å². The zero-order valence-corrected chi connectivity index (χ0v) is 12.3. The number of nitrogens with zero attached hydrogens (tertiary/aromatic N) is 1. The van der Waals surface area contributed by atoms with Gasteiger partial charge in [-0.3, -0.25) is 9.59 Å². The van der Waals surface area contributed by atoms with Crippen LogP contribution in [0, 0.1) is 0 Å². The summed E-state index contributed by atoms with van der Waals surface area (Å²) in [5.41, 5.74) is 1.48. The first kappa shape index (κ1) is 14.4. The number of aromatic nitrogens is 1. The van der Waals surface area contributed by atoms with Crippen LogP contribution < -0.4 is 10.6 Å². The molecular formula is C17H19N3O2. The molecule has 3 rings (SSSR count). The largest absolute Gasteiger partial charge is 0.354 e. The van der Waals surface area contributed by atoms with Crippen molar-refractivity contribution in [1.82, 2.24) is 15.2 Å². The molecule has 114 valence electrons. The third-order valence-electron chi connectivity index (χ3n) is 3.85. The van der Waals surface area contributed by atoms with Gasteiger partial charge < -0.3 is 15.2 Å². The Morgan fingerprint density at radius 1 is 1.18 bits per heavy atom. The number of carbonyl (C=O) groups excluding carboxylic acids is 2. The molecule has 0 bridgehead atoms. The molecule has 5 nitrogen and oxygen atoms in total. The Kier molecular flexibility index (Phi) is 4.23. The van der Waals surface area contributed by atoms with Crippen LogP contribution in [0.25, 0.3) is 5.69 Å². The Morgan fingerprint density at radius 2 is 2.00 bits per heavy atom. The predicted molar refractivity (Wildman–Crippen MR) is 83.9 cm³/mol. The molecule has 1 aromatic heterocycles. The van der Waals surface area contributed by atoms with Crippen LogP contribution in [0.3, 0.4) is 0 Å². The van der Waals surface area contributed by atoms with Crippen LogP contribution in [0.2, 0.25) is 0 Å². The summed E-state index contributed by atoms with van der Waals surface area (Å²) >= 11 is 0. The van der Waals surface area contributed by atoms with E-state index in [1.54, 1.807) is 6.07 Å². The van der Waals surface area contributed by atoms with Crippen LogP contribution >= 0.6 is 0 Å². The van der Waals surface area contributed by atoms with E-state index < -0.39 is 6.04 Å². The highest BCUT2D eigenvalue weighted by molar-refractivity contribution is 5.98. The van der Waals surface area contributed by atoms with Gasteiger partial charge in [0.15, 0.2) is 0 Å². The average molecular weight is 297 g/mol. The fourth-order valence-electron chi connectivity index (χ4n) is 2.63. The molecule has 1 aromatic carbocycles. The van der Waals surface area contributed by atoms with Crippen molar-refractivity contribution in [1.29, 1.82) is 0 Å². The van der Waals surface area contributed by atoms with Crippen LogP contribution in [-0.2, 0) is 4.79 Å². The van der Waals surface area contributed by atoms with E-state index in [9.17, 15) is 9.59 Å². The Labute approximate surface area is 129 Å². The van der Waals surface area contributed by atoms with Gasteiger partial charge >= 0.3 is 0 Å². The minimum Gasteiger partial charge on any atom is -0.354 e. The third kappa shape index (κ3) is 3.19. The Balaban J connectivity index is 1.74. The van der Waals surface area contributed by atoms with Gasteiger partial charge in [0.1, 0.15) is 6.04 Å². The van der Waals surface area contributed by atoms with E-state index in [1.807, 2.05) is 47.3 Å². The first-order valence-corrected chi connectivity index (χ1v) is 7.56. The van der Waals surface area contributed by atoms with Crippen LogP contribution in [0.4, 0.5) is 0 Å². The minimum absolute atomic E-state index is 0.0904. The van der Waals surface area contributed by atoms with Gasteiger partial charge in [0.25, 0.3) is 5.91 Å². The maximum absolute atomic E-state index is 12.4. The zero-order chi connectivity index (χ0) is 15.4. The van der Waals surface area contributed by atoms with Crippen molar-refractivity contribution in [2.75, 3.05) is 6.54 Å². The summed E-state index contributed by atoms with van der Waals surface area (Å²) in [6.07, 6.45) is 6.44. The van der Waals surface area contributed by atoms with Crippen molar-refractivity contribution in [3.8, 4) is 5.69 Å². The lowest BCUT2D eigenvalue weighted by atomic mass is 10.1. The molecular weight excluding hydrogens is 278 g/mol. The number of carbonyl (C=O) groups is 2. The number of rotatable bonds is 3. The second-order valence-corrected chi connectivity index (χ2v) is 5.45. The topological polar surface area (TPSA) is 63.1 Å². The molecule has 2 amide bonds. The third-order valence-corrected chi connectivity index (χ3v) is 3.85. The fourth-order valence-corrected chi connectivity index (χ4v) is 2.63. The normalized spacial score (nSPS) is 18.4. The number of nitrogens with one attached hydrogen (secondary N) is 2. The van der Waals surface area contributed by atoms with Gasteiger partial charge in [0.2, 0.25) is 5.91 Å². The van der Waals surface area contributed by atoms with Gasteiger partial charge in [-0.25, -0.2) is 0 Å². The molecule has 1 aliphatic heterocycles. The second kappa shape index (κ2) is 6.47. The lowest BCUT2D eigenvalue weighted by Crippen LogP contribution is -2.45. The lowest BCUT2D eigenvalue weighted by molar-refractivity contribution is -0.122. The van der Waals surface area contributed by atoms with Crippen molar-refractivity contribution in [2.24, 2.45) is 0 Å². The molecule has 2 aromatic rings. The van der Waals surface area contributed by atoms with E-state index in [-0.39, 0.29) is 11.8 Å². The molecule has 1 atom stereocenters. The van der Waals surface area contributed by atoms with E-state index in [4.69, 9.17) is 0 Å². The Hall–Kier alpha value is -2.56. The molecule has 2 heterocycles. The van der Waals surface area contributed by atoms with E-state index in [2.05, 4.69) is 10.6 Å². The first-order valence-electron chi connectivity index (χ1n) is 7.56. The summed E-state index contributed by atoms with van der Waals surface area (Å²) in [5.74, 6) is -0.302. The van der Waals surface area contributed by atoms with Crippen LogP contribution in [0.1, 0.15) is 29.6 Å². The summed E-state index contributed by atoms with van der Waals surface area (Å²) < 4.78 is 1.94. The maximum atomic E-state index is 12.4. The summed E-state index contributed by atoms with van der Waals surface area (Å²) in [6.45, 7) is 0.689. The fraction of sp³-hybridized carbons (Fsp3) is 0.294. The molecule has 0 unspecified atom stereocenters. The molecule has 2 N–H and O–H groups in total. The quantitative estimate of drug-likeness (QED) is 0.908. The molecule has 0 saturated carbocycles. The predicted octanol–water partition coefficient (Wildman–Crippen LogP) is 1.88. The van der Waals surface area contributed by atoms with Gasteiger partial charge in [0.05, 0.1) is 0 Å². The number of benzene rings is 1. The summed E-state index contributed by atoms with van der Waals surface area (Å²) in [7, 11) is 0. The SMILES string of the molecule is O=C(N[C@H]1CCCCNC1=O)c1cccc(-n2cccc2)c1. The van der Waals surface area contributed by atoms with Gasteiger partial charge in [-0.1, -0.05) is 6.07 Å². The summed E-state index contributed by atoms with van der Waals surface area (Å²) in [6, 6.07) is 10.8. The van der Waals surface area contributed by atoms with E-state index >= 15 is 0 Å². The number of hydrogen-bond acceptors (Lipinski definition) is 2. The maximum Gasteiger partial charge on any atom is 0.252 e. The molecule has 5 heteroatoms. The van der Waals surface area contributed by atoms with Gasteiger partial charge in [0, 0.05) is 30.2 Å². The second-order valence-electron chi connectivity index (χ2n) is 5.45. The monoisotopic (exact) mass is 297 g/mol. The highest BCUT2D eigenvalue weighted by Gasteiger charge is 2.22. The van der Waals surface area contributed by atoms with E-state index in [0.29, 0.717) is 18.5 Å². The van der Waals surface area contributed by atoms with E-state index in [0.717, 1.165) is 18.5 Å². The molecule has 1 aliphatic rings. The van der Waals surface area contributed by atoms with Crippen molar-refractivity contribution in [2.45, 2.75) is 25.3 Å². The average Bonchev–Trinajstić information content (AvgIpc) is 3.00. The minimum atomic E-state index is -0.440. The Morgan fingerprint density at radius 3 is 2.82 bits per heavy atom. The molecule has 1 saturated heterocycles. The molecule has 22 heavy (non-hydrogen) atoms. The first-order chi connectivity index (χ1) is 10.7. The van der Waals surface area contributed by atoms with Crippen molar-refractivity contribution >= 4 is 11.8 Å².